The molecule has 58 heavy (non-hydrogen) atoms. The number of halogens is 2. The van der Waals surface area contributed by atoms with E-state index in [-0.39, 0.29) is 0 Å². The van der Waals surface area contributed by atoms with Gasteiger partial charge in [0.2, 0.25) is 0 Å². The lowest BCUT2D eigenvalue weighted by Gasteiger charge is -2.21. The number of aromatic nitrogens is 2. The van der Waals surface area contributed by atoms with E-state index in [1.54, 1.807) is 6.08 Å². The summed E-state index contributed by atoms with van der Waals surface area (Å²) in [6.45, 7) is 13.0. The normalized spacial score (nSPS) is 12.1. The van der Waals surface area contributed by atoms with E-state index in [0.717, 1.165) is 82.7 Å². The van der Waals surface area contributed by atoms with E-state index in [9.17, 15) is 0 Å². The maximum atomic E-state index is 5.56. The highest BCUT2D eigenvalue weighted by atomic mass is 127. The molecule has 278 valence electrons. The Hall–Kier alpha value is -5.84. The van der Waals surface area contributed by atoms with Crippen LogP contribution in [0.4, 0.5) is 0 Å². The zero-order valence-electron chi connectivity index (χ0n) is 32.0. The van der Waals surface area contributed by atoms with Crippen molar-refractivity contribution in [3.05, 3.63) is 206 Å². The number of para-hydroxylation sites is 1. The van der Waals surface area contributed by atoms with Gasteiger partial charge >= 0.3 is 0 Å². The molecule has 9 aromatic rings. The van der Waals surface area contributed by atoms with Crippen LogP contribution in [0, 0.1) is 21.0 Å². The van der Waals surface area contributed by atoms with Crippen LogP contribution >= 0.6 is 45.2 Å². The van der Waals surface area contributed by atoms with Gasteiger partial charge in [-0.2, -0.15) is 0 Å². The first-order chi connectivity index (χ1) is 28.3. The number of hydrogen-bond donors (Lipinski definition) is 0. The lowest BCUT2D eigenvalue weighted by atomic mass is 9.86. The van der Waals surface area contributed by atoms with Gasteiger partial charge in [-0.1, -0.05) is 128 Å². The summed E-state index contributed by atoms with van der Waals surface area (Å²) in [4.78, 5) is 21.2. The smallest absolute Gasteiger partial charge is 0.160 e. The molecule has 0 aliphatic carbocycles. The number of fused-ring (bicyclic) bond motifs is 6. The summed E-state index contributed by atoms with van der Waals surface area (Å²) >= 11 is 4.73. The summed E-state index contributed by atoms with van der Waals surface area (Å²) in [6.07, 6.45) is 1.78. The van der Waals surface area contributed by atoms with Crippen LogP contribution in [0.5, 0.6) is 0 Å². The van der Waals surface area contributed by atoms with E-state index in [0.29, 0.717) is 17.2 Å². The minimum Gasteiger partial charge on any atom is -0.247 e. The highest BCUT2D eigenvalue weighted by molar-refractivity contribution is 14.1. The number of pyridine rings is 2. The minimum atomic E-state index is 0.523. The molecule has 9 rings (SSSR count). The molecule has 6 heteroatoms. The fraction of sp³-hybridized carbons (Fsp3) is 0.0385. The summed E-state index contributed by atoms with van der Waals surface area (Å²) in [5.41, 5.74) is 12.2. The molecule has 0 saturated heterocycles. The van der Waals surface area contributed by atoms with Crippen LogP contribution in [0.2, 0.25) is 0 Å². The second-order valence-electron chi connectivity index (χ2n) is 14.2. The van der Waals surface area contributed by atoms with E-state index in [4.69, 9.17) is 20.0 Å². The van der Waals surface area contributed by atoms with Crippen LogP contribution in [-0.2, 0) is 0 Å². The Kier molecular flexibility index (Phi) is 10.3. The number of aryl methyl sites for hydroxylation is 2. The molecule has 0 N–H and O–H groups in total. The zero-order valence-corrected chi connectivity index (χ0v) is 36.3. The van der Waals surface area contributed by atoms with Gasteiger partial charge in [0.25, 0.3) is 0 Å². The van der Waals surface area contributed by atoms with Crippen LogP contribution in [0.25, 0.3) is 71.6 Å². The molecule has 2 heterocycles. The highest BCUT2D eigenvalue weighted by Crippen LogP contribution is 2.45. The largest absolute Gasteiger partial charge is 0.247 e. The Balaban J connectivity index is 1.38. The average Bonchev–Trinajstić information content (AvgIpc) is 3.26. The monoisotopic (exact) mass is 970 g/mol. The second kappa shape index (κ2) is 15.8. The Bertz CT molecular complexity index is 3150. The predicted octanol–water partition coefficient (Wildman–Crippen LogP) is 14.3. The maximum Gasteiger partial charge on any atom is 0.160 e. The average molecular weight is 971 g/mol. The predicted molar refractivity (Wildman–Crippen MR) is 263 cm³/mol. The maximum absolute atomic E-state index is 5.56. The topological polar surface area (TPSA) is 50.5 Å². The van der Waals surface area contributed by atoms with Gasteiger partial charge in [0.15, 0.2) is 5.84 Å². The van der Waals surface area contributed by atoms with Crippen LogP contribution in [0.1, 0.15) is 27.8 Å². The fourth-order valence-electron chi connectivity index (χ4n) is 7.94. The lowest BCUT2D eigenvalue weighted by molar-refractivity contribution is 1.38. The van der Waals surface area contributed by atoms with Gasteiger partial charge in [-0.3, -0.25) is 0 Å². The third-order valence-corrected chi connectivity index (χ3v) is 12.1. The number of nitrogens with zero attached hydrogens (tertiary/aromatic N) is 4. The lowest BCUT2D eigenvalue weighted by Crippen LogP contribution is -2.06. The first kappa shape index (κ1) is 37.7. The van der Waals surface area contributed by atoms with Crippen molar-refractivity contribution in [2.45, 2.75) is 13.8 Å². The quantitative estimate of drug-likeness (QED) is 0.0525. The summed E-state index contributed by atoms with van der Waals surface area (Å²) in [6, 6.07) is 52.3. The molecule has 2 aromatic heterocycles. The van der Waals surface area contributed by atoms with Crippen molar-refractivity contribution >= 4 is 106 Å². The van der Waals surface area contributed by atoms with Gasteiger partial charge in [-0.05, 0) is 129 Å². The van der Waals surface area contributed by atoms with Gasteiger partial charge in [0.05, 0.1) is 33.8 Å². The molecule has 0 bridgehead atoms. The number of hydrogen-bond acceptors (Lipinski definition) is 3. The van der Waals surface area contributed by atoms with Gasteiger partial charge in [-0.15, -0.1) is 0 Å². The Morgan fingerprint density at radius 3 is 1.59 bits per heavy atom. The Morgan fingerprint density at radius 2 is 1.02 bits per heavy atom. The molecule has 0 atom stereocenters. The fourth-order valence-corrected chi connectivity index (χ4v) is 8.66. The molecule has 4 nitrogen and oxygen atoms in total. The third kappa shape index (κ3) is 6.94. The molecule has 0 spiro atoms. The first-order valence-corrected chi connectivity index (χ1v) is 21.2. The molecule has 0 fully saturated rings. The van der Waals surface area contributed by atoms with Gasteiger partial charge < -0.3 is 0 Å². The van der Waals surface area contributed by atoms with Crippen molar-refractivity contribution in [3.8, 4) is 22.5 Å². The molecular weight excluding hydrogens is 934 g/mol. The van der Waals surface area contributed by atoms with E-state index < -0.39 is 0 Å². The van der Waals surface area contributed by atoms with Crippen molar-refractivity contribution in [3.63, 3.8) is 0 Å². The van der Waals surface area contributed by atoms with E-state index in [1.807, 2.05) is 60.7 Å². The molecule has 0 unspecified atom stereocenters. The van der Waals surface area contributed by atoms with Gasteiger partial charge in [0, 0.05) is 50.9 Å². The van der Waals surface area contributed by atoms with E-state index in [2.05, 4.69) is 163 Å². The van der Waals surface area contributed by atoms with Crippen molar-refractivity contribution in [2.24, 2.45) is 9.98 Å². The van der Waals surface area contributed by atoms with Crippen molar-refractivity contribution in [1.29, 1.82) is 0 Å². The third-order valence-electron chi connectivity index (χ3n) is 10.7. The Morgan fingerprint density at radius 1 is 0.517 bits per heavy atom. The van der Waals surface area contributed by atoms with Crippen LogP contribution in [-0.4, -0.2) is 21.5 Å². The molecule has 0 aliphatic rings. The summed E-state index contributed by atoms with van der Waals surface area (Å²) in [5, 5.41) is 6.83. The number of rotatable bonds is 7. The summed E-state index contributed by atoms with van der Waals surface area (Å²) in [7, 11) is 0. The summed E-state index contributed by atoms with van der Waals surface area (Å²) in [5.74, 6) is 0.523. The van der Waals surface area contributed by atoms with Gasteiger partial charge in [0.1, 0.15) is 0 Å². The van der Waals surface area contributed by atoms with E-state index in [1.165, 1.54) is 18.1 Å². The summed E-state index contributed by atoms with van der Waals surface area (Å²) < 4.78 is 2.35. The first-order valence-electron chi connectivity index (χ1n) is 19.0. The number of amidine groups is 1. The molecule has 7 aromatic carbocycles. The molecule has 0 aliphatic heterocycles. The van der Waals surface area contributed by atoms with Crippen molar-refractivity contribution in [1.82, 2.24) is 9.97 Å². The molecule has 0 saturated carbocycles. The van der Waals surface area contributed by atoms with Gasteiger partial charge in [-0.25, -0.2) is 20.0 Å². The SMILES string of the molecule is C=CC(=NC(=NC(=C)c1ccccc1)c1ccc2c(c1)nc(-c1ccc(I)cc1)c1c(C)c3c(c(-c4ccc(I)cc4)nc4ccccc43)c(C)c12)c1ccccc1. The zero-order chi connectivity index (χ0) is 39.9. The van der Waals surface area contributed by atoms with Crippen LogP contribution in [0.3, 0.4) is 0 Å². The number of aliphatic imine (C=N–C) groups is 2. The molecule has 0 amide bonds. The standard InChI is InChI=1S/C52H36I2N4/c1-5-43(35-16-10-7-11-17-35)58-52(55-33(4)34-14-8-6-9-15-34)38-24-29-42-45(30-38)57-51(37-22-27-40(54)28-23-37)49-31(2)46-41-18-12-13-19-44(41)56-50(48(46)32(3)47(42)49)36-20-25-39(53)26-21-36/h5-30H,1,4H2,2-3H3. The minimum absolute atomic E-state index is 0.523. The molecular formula is C52H36I2N4. The van der Waals surface area contributed by atoms with Crippen LogP contribution in [0.15, 0.2) is 181 Å². The van der Waals surface area contributed by atoms with Crippen molar-refractivity contribution < 1.29 is 0 Å². The van der Waals surface area contributed by atoms with Crippen LogP contribution < -0.4 is 0 Å². The highest BCUT2D eigenvalue weighted by Gasteiger charge is 2.23. The Labute approximate surface area is 365 Å². The number of allylic oxidation sites excluding steroid dienone is 1. The molecule has 0 radical (unpaired) electrons. The number of benzene rings is 7. The van der Waals surface area contributed by atoms with E-state index >= 15 is 0 Å². The van der Waals surface area contributed by atoms with Crippen molar-refractivity contribution in [2.75, 3.05) is 0 Å². The second-order valence-corrected chi connectivity index (χ2v) is 16.7.